The molecular weight excluding hydrogens is 250 g/mol. The molecule has 4 nitrogen and oxygen atoms in total. The number of ether oxygens (including phenoxy) is 1. The number of rotatable bonds is 6. The number of anilines is 1. The molecule has 1 unspecified atom stereocenters. The van der Waals surface area contributed by atoms with Crippen LogP contribution in [0.5, 0.6) is 0 Å². The number of thioether (sulfide) groups is 1. The molecule has 5 heteroatoms. The maximum Gasteiger partial charge on any atom is 0.308 e. The van der Waals surface area contributed by atoms with Crippen LogP contribution in [-0.4, -0.2) is 29.5 Å². The zero-order valence-electron chi connectivity index (χ0n) is 10.7. The Labute approximate surface area is 112 Å². The van der Waals surface area contributed by atoms with E-state index in [1.807, 2.05) is 25.1 Å². The number of carbonyl (C=O) groups is 1. The van der Waals surface area contributed by atoms with Crippen LogP contribution in [0, 0.1) is 6.92 Å². The van der Waals surface area contributed by atoms with Crippen LogP contribution in [0.4, 0.5) is 5.69 Å². The molecule has 18 heavy (non-hydrogen) atoms. The van der Waals surface area contributed by atoms with Gasteiger partial charge in [0.2, 0.25) is 0 Å². The summed E-state index contributed by atoms with van der Waals surface area (Å²) in [5.41, 5.74) is 7.66. The molecule has 1 aromatic rings. The van der Waals surface area contributed by atoms with E-state index in [9.17, 15) is 9.90 Å². The predicted molar refractivity (Wildman–Crippen MR) is 73.6 cm³/mol. The summed E-state index contributed by atoms with van der Waals surface area (Å²) in [6.45, 7) is 4.05. The average Bonchev–Trinajstić information content (AvgIpc) is 2.28. The van der Waals surface area contributed by atoms with Crippen LogP contribution in [0.3, 0.4) is 0 Å². The third kappa shape index (κ3) is 4.98. The second-order valence-corrected chi connectivity index (χ2v) is 5.08. The van der Waals surface area contributed by atoms with Gasteiger partial charge in [0, 0.05) is 16.3 Å². The number of nitrogen functional groups attached to an aromatic ring is 1. The van der Waals surface area contributed by atoms with Crippen molar-refractivity contribution in [1.82, 2.24) is 0 Å². The fourth-order valence-electron chi connectivity index (χ4n) is 1.46. The molecule has 1 atom stereocenters. The molecule has 1 aromatic carbocycles. The normalized spacial score (nSPS) is 12.2. The fraction of sp³-hybridized carbons (Fsp3) is 0.462. The van der Waals surface area contributed by atoms with Crippen molar-refractivity contribution in [2.75, 3.05) is 18.1 Å². The SMILES string of the molecule is CCOC(=O)CC(O)CSc1ccc(C)cc1N. The summed E-state index contributed by atoms with van der Waals surface area (Å²) in [6, 6.07) is 5.78. The molecule has 0 aliphatic heterocycles. The van der Waals surface area contributed by atoms with E-state index in [1.54, 1.807) is 6.92 Å². The van der Waals surface area contributed by atoms with Gasteiger partial charge in [-0.25, -0.2) is 0 Å². The molecule has 0 saturated heterocycles. The fourth-order valence-corrected chi connectivity index (χ4v) is 2.34. The third-order valence-corrected chi connectivity index (χ3v) is 3.54. The van der Waals surface area contributed by atoms with E-state index in [1.165, 1.54) is 11.8 Å². The molecule has 1 rings (SSSR count). The van der Waals surface area contributed by atoms with Crippen LogP contribution >= 0.6 is 11.8 Å². The van der Waals surface area contributed by atoms with E-state index >= 15 is 0 Å². The van der Waals surface area contributed by atoms with Gasteiger partial charge >= 0.3 is 5.97 Å². The summed E-state index contributed by atoms with van der Waals surface area (Å²) in [5.74, 6) is 0.0500. The number of aliphatic hydroxyl groups excluding tert-OH is 1. The third-order valence-electron chi connectivity index (χ3n) is 2.30. The van der Waals surface area contributed by atoms with Gasteiger partial charge in [0.05, 0.1) is 19.1 Å². The number of hydrogen-bond donors (Lipinski definition) is 2. The maximum absolute atomic E-state index is 11.2. The Morgan fingerprint density at radius 2 is 2.28 bits per heavy atom. The smallest absolute Gasteiger partial charge is 0.308 e. The molecule has 0 bridgehead atoms. The number of esters is 1. The van der Waals surface area contributed by atoms with Crippen LogP contribution in [0.2, 0.25) is 0 Å². The van der Waals surface area contributed by atoms with E-state index in [-0.39, 0.29) is 12.4 Å². The van der Waals surface area contributed by atoms with Crippen molar-refractivity contribution in [1.29, 1.82) is 0 Å². The minimum absolute atomic E-state index is 0.0204. The molecular formula is C13H19NO3S. The zero-order chi connectivity index (χ0) is 13.5. The first-order chi connectivity index (χ1) is 8.52. The minimum Gasteiger partial charge on any atom is -0.466 e. The van der Waals surface area contributed by atoms with Gasteiger partial charge in [0.25, 0.3) is 0 Å². The number of aliphatic hydroxyl groups is 1. The van der Waals surface area contributed by atoms with Crippen molar-refractivity contribution in [3.8, 4) is 0 Å². The molecule has 3 N–H and O–H groups in total. The number of carbonyl (C=O) groups excluding carboxylic acids is 1. The second-order valence-electron chi connectivity index (χ2n) is 4.02. The molecule has 0 aliphatic carbocycles. The number of aryl methyl sites for hydroxylation is 1. The molecule has 0 aromatic heterocycles. The van der Waals surface area contributed by atoms with Gasteiger partial charge in [-0.1, -0.05) is 6.07 Å². The van der Waals surface area contributed by atoms with Crippen LogP contribution in [-0.2, 0) is 9.53 Å². The Balaban J connectivity index is 2.42. The van der Waals surface area contributed by atoms with E-state index < -0.39 is 6.10 Å². The summed E-state index contributed by atoms with van der Waals surface area (Å²) < 4.78 is 4.77. The van der Waals surface area contributed by atoms with Gasteiger partial charge in [-0.3, -0.25) is 4.79 Å². The van der Waals surface area contributed by atoms with E-state index in [0.29, 0.717) is 18.0 Å². The summed E-state index contributed by atoms with van der Waals surface area (Å²) in [5, 5.41) is 9.69. The summed E-state index contributed by atoms with van der Waals surface area (Å²) in [4.78, 5) is 12.1. The first-order valence-electron chi connectivity index (χ1n) is 5.85. The van der Waals surface area contributed by atoms with Gasteiger partial charge in [-0.05, 0) is 31.5 Å². The maximum atomic E-state index is 11.2. The van der Waals surface area contributed by atoms with Crippen LogP contribution in [0.15, 0.2) is 23.1 Å². The highest BCUT2D eigenvalue weighted by Crippen LogP contribution is 2.26. The summed E-state index contributed by atoms with van der Waals surface area (Å²) in [7, 11) is 0. The van der Waals surface area contributed by atoms with Crippen molar-refractivity contribution in [2.24, 2.45) is 0 Å². The first kappa shape index (κ1) is 14.9. The Bertz CT molecular complexity index is 409. The van der Waals surface area contributed by atoms with Crippen LogP contribution < -0.4 is 5.73 Å². The lowest BCUT2D eigenvalue weighted by Gasteiger charge is -2.11. The molecule has 0 aliphatic rings. The standard InChI is InChI=1S/C13H19NO3S/c1-3-17-13(16)7-10(15)8-18-12-5-4-9(2)6-11(12)14/h4-6,10,15H,3,7-8,14H2,1-2H3. The van der Waals surface area contributed by atoms with Gasteiger partial charge < -0.3 is 15.6 Å². The largest absolute Gasteiger partial charge is 0.466 e. The molecule has 0 radical (unpaired) electrons. The molecule has 0 spiro atoms. The van der Waals surface area contributed by atoms with E-state index in [4.69, 9.17) is 10.5 Å². The van der Waals surface area contributed by atoms with E-state index in [2.05, 4.69) is 0 Å². The molecule has 0 heterocycles. The van der Waals surface area contributed by atoms with Crippen molar-refractivity contribution in [3.63, 3.8) is 0 Å². The minimum atomic E-state index is -0.713. The molecule has 100 valence electrons. The average molecular weight is 269 g/mol. The lowest BCUT2D eigenvalue weighted by molar-refractivity contribution is -0.144. The summed E-state index contributed by atoms with van der Waals surface area (Å²) >= 11 is 1.44. The molecule has 0 saturated carbocycles. The van der Waals surface area contributed by atoms with Crippen molar-refractivity contribution < 1.29 is 14.6 Å². The van der Waals surface area contributed by atoms with Crippen molar-refractivity contribution >= 4 is 23.4 Å². The predicted octanol–water partition coefficient (Wildman–Crippen LogP) is 1.98. The highest BCUT2D eigenvalue weighted by Gasteiger charge is 2.12. The van der Waals surface area contributed by atoms with E-state index in [0.717, 1.165) is 10.5 Å². The van der Waals surface area contributed by atoms with Gasteiger partial charge in [0.15, 0.2) is 0 Å². The lowest BCUT2D eigenvalue weighted by atomic mass is 10.2. The highest BCUT2D eigenvalue weighted by atomic mass is 32.2. The van der Waals surface area contributed by atoms with Gasteiger partial charge in [-0.15, -0.1) is 11.8 Å². The summed E-state index contributed by atoms with van der Waals surface area (Å²) in [6.07, 6.45) is -0.693. The number of nitrogens with two attached hydrogens (primary N) is 1. The van der Waals surface area contributed by atoms with Crippen molar-refractivity contribution in [2.45, 2.75) is 31.3 Å². The van der Waals surface area contributed by atoms with Crippen LogP contribution in [0.25, 0.3) is 0 Å². The lowest BCUT2D eigenvalue weighted by Crippen LogP contribution is -2.17. The Hall–Kier alpha value is -1.20. The topological polar surface area (TPSA) is 72.5 Å². The monoisotopic (exact) mass is 269 g/mol. The molecule has 0 fully saturated rings. The van der Waals surface area contributed by atoms with Gasteiger partial charge in [0.1, 0.15) is 0 Å². The van der Waals surface area contributed by atoms with Crippen molar-refractivity contribution in [3.05, 3.63) is 23.8 Å². The quantitative estimate of drug-likeness (QED) is 0.469. The number of hydrogen-bond acceptors (Lipinski definition) is 5. The zero-order valence-corrected chi connectivity index (χ0v) is 11.5. The second kappa shape index (κ2) is 7.28. The Morgan fingerprint density at radius 1 is 1.56 bits per heavy atom. The highest BCUT2D eigenvalue weighted by molar-refractivity contribution is 7.99. The first-order valence-corrected chi connectivity index (χ1v) is 6.84. The molecule has 0 amide bonds. The van der Waals surface area contributed by atoms with Crippen LogP contribution in [0.1, 0.15) is 18.9 Å². The number of benzene rings is 1. The Kier molecular flexibility index (Phi) is 6.01. The van der Waals surface area contributed by atoms with Gasteiger partial charge in [-0.2, -0.15) is 0 Å². The Morgan fingerprint density at radius 3 is 2.89 bits per heavy atom.